The van der Waals surface area contributed by atoms with Gasteiger partial charge in [-0.3, -0.25) is 76.1 Å². The van der Waals surface area contributed by atoms with Crippen molar-refractivity contribution in [3.8, 4) is 114 Å². The summed E-state index contributed by atoms with van der Waals surface area (Å²) in [5.74, 6) is 4.98. The van der Waals surface area contributed by atoms with Gasteiger partial charge in [0.2, 0.25) is 0 Å². The van der Waals surface area contributed by atoms with Crippen LogP contribution < -0.4 is 0 Å². The van der Waals surface area contributed by atoms with Crippen molar-refractivity contribution < 1.29 is 19.2 Å². The van der Waals surface area contributed by atoms with Crippen molar-refractivity contribution in [2.24, 2.45) is 28.2 Å². The number of benzene rings is 4. The normalized spacial score (nSPS) is 11.3. The van der Waals surface area contributed by atoms with Gasteiger partial charge in [-0.2, -0.15) is 20.4 Å². The van der Waals surface area contributed by atoms with E-state index in [1.807, 2.05) is 287 Å². The lowest BCUT2D eigenvalue weighted by molar-refractivity contribution is -0.118. The van der Waals surface area contributed by atoms with Gasteiger partial charge in [-0.15, -0.1) is 0 Å². The third-order valence-corrected chi connectivity index (χ3v) is 25.2. The molecule has 24 rings (SSSR count). The van der Waals surface area contributed by atoms with Gasteiger partial charge < -0.3 is 19.9 Å². The maximum absolute atomic E-state index is 12.9. The van der Waals surface area contributed by atoms with Gasteiger partial charge in [0.05, 0.1) is 62.0 Å². The summed E-state index contributed by atoms with van der Waals surface area (Å²) in [5, 5.41) is 20.1. The molecule has 20 heterocycles. The molecule has 24 aromatic rings. The zero-order valence-electron chi connectivity index (χ0n) is 81.8. The lowest BCUT2D eigenvalue weighted by atomic mass is 10.0. The molecule has 0 amide bonds. The van der Waals surface area contributed by atoms with Gasteiger partial charge in [0.15, 0.2) is 23.1 Å². The van der Waals surface area contributed by atoms with Crippen LogP contribution in [0.5, 0.6) is 0 Å². The van der Waals surface area contributed by atoms with Crippen molar-refractivity contribution in [2.45, 2.75) is 79.1 Å². The second-order valence-electron chi connectivity index (χ2n) is 36.1. The number of imidazole rings is 6. The Kier molecular flexibility index (Phi) is 26.7. The monoisotopic (exact) mass is 1950 g/mol. The van der Waals surface area contributed by atoms with Crippen molar-refractivity contribution >= 4 is 67.3 Å². The standard InChI is InChI=1S/C29H25N7O.2C28H24N8O.C27H23N9O/c1-19-17-36(18-32-19)29-25-15-27(33-26(25)9-11-31-29)21-7-5-20(6-8-21)12-24(37)13-23-14-28(34-35(23)2)22-4-3-10-30-16-22;1-18-16-36(17-31-18)28-26-24(9-11-30-28)32-27(33-26)20-7-5-19(6-8-20)12-23(37)13-22-14-25(34-35(22)2)21-4-3-10-29-15-21;1-18-15-36(17-32-18)28-24-13-25(33-27(24)30-16-31-28)20-7-5-19(6-8-20)10-23(37)11-22-12-26(34-35(22)2)21-4-3-9-29-14-21;1-17-14-36(16-31-17)27-24-26(29-15-30-27)33-25(32-24)19-7-5-18(6-8-19)10-22(37)11-21-12-23(34-35(21)2)20-4-3-9-28-13-20/h3-11,14-18,33H,12-13H2,1-2H3;3-11,14-17H,12-13H2,1-2H3,(H,32,33);3-9,12-17H,10-11H2,1-2H3,(H,30,31,33);3-9,12-16H,10-11H2,1-2H3,(H,29,30,32,33). The Hall–Kier alpha value is -19.7. The number of Topliss-reactive ketones (excluding diaryl/α,β-unsaturated/α-hetero) is 4. The summed E-state index contributed by atoms with van der Waals surface area (Å²) in [6.07, 6.45) is 38.0. The molecule has 0 spiro atoms. The Morgan fingerprint density at radius 3 is 1.03 bits per heavy atom. The number of aromatic amines is 4. The Morgan fingerprint density at radius 1 is 0.291 bits per heavy atom. The zero-order valence-corrected chi connectivity index (χ0v) is 81.8. The van der Waals surface area contributed by atoms with Crippen LogP contribution in [0.25, 0.3) is 158 Å². The molecule has 0 saturated carbocycles. The Balaban J connectivity index is 0.000000116. The van der Waals surface area contributed by atoms with Crippen LogP contribution in [0.15, 0.2) is 319 Å². The molecule has 4 aromatic carbocycles. The third-order valence-electron chi connectivity index (χ3n) is 25.2. The molecule has 36 nitrogen and oxygen atoms in total. The smallest absolute Gasteiger partial charge is 0.183 e. The molecule has 4 N–H and O–H groups in total. The first-order valence-electron chi connectivity index (χ1n) is 47.7. The quantitative estimate of drug-likeness (QED) is 0.0354. The number of H-pyrrole nitrogens is 4. The van der Waals surface area contributed by atoms with E-state index in [0.717, 1.165) is 208 Å². The number of carbonyl (C=O) groups excluding carboxylic acids is 4. The Morgan fingerprint density at radius 2 is 0.635 bits per heavy atom. The lowest BCUT2D eigenvalue weighted by Crippen LogP contribution is -2.10. The van der Waals surface area contributed by atoms with E-state index < -0.39 is 0 Å². The summed E-state index contributed by atoms with van der Waals surface area (Å²) in [5.41, 5.74) is 28.6. The molecule has 0 atom stereocenters. The van der Waals surface area contributed by atoms with Crippen molar-refractivity contribution in [1.82, 2.24) is 157 Å². The Bertz CT molecular complexity index is 7870. The third kappa shape index (κ3) is 21.4. The van der Waals surface area contributed by atoms with E-state index in [-0.39, 0.29) is 23.1 Å². The summed E-state index contributed by atoms with van der Waals surface area (Å²) in [6.45, 7) is 7.77. The van der Waals surface area contributed by atoms with Gasteiger partial charge in [-0.1, -0.05) is 97.1 Å². The number of hydrogen-bond acceptors (Lipinski definition) is 24. The molecule has 0 unspecified atom stereocenters. The molecular formula is C112H96N32O4. The largest absolute Gasteiger partial charge is 0.354 e. The maximum atomic E-state index is 12.9. The van der Waals surface area contributed by atoms with Crippen molar-refractivity contribution in [3.63, 3.8) is 0 Å². The predicted molar refractivity (Wildman–Crippen MR) is 560 cm³/mol. The maximum Gasteiger partial charge on any atom is 0.183 e. The van der Waals surface area contributed by atoms with Gasteiger partial charge in [0.1, 0.15) is 95.2 Å². The molecule has 0 aliphatic rings. The highest BCUT2D eigenvalue weighted by Crippen LogP contribution is 2.34. The second-order valence-corrected chi connectivity index (χ2v) is 36.1. The number of aryl methyl sites for hydroxylation is 8. The number of fused-ring (bicyclic) bond motifs is 4. The second kappa shape index (κ2) is 41.9. The molecule has 20 aromatic heterocycles. The number of pyridine rings is 6. The fourth-order valence-corrected chi connectivity index (χ4v) is 17.7. The number of rotatable bonds is 28. The first-order chi connectivity index (χ1) is 72.1. The summed E-state index contributed by atoms with van der Waals surface area (Å²) < 4.78 is 14.6. The van der Waals surface area contributed by atoms with Crippen LogP contribution in [0.4, 0.5) is 0 Å². The fraction of sp³-hybridized carbons (Fsp3) is 0.143. The molecule has 0 aliphatic heterocycles. The van der Waals surface area contributed by atoms with Crippen LogP contribution in [0.1, 0.15) is 67.8 Å². The minimum atomic E-state index is 0.118. The molecule has 0 bridgehead atoms. The minimum absolute atomic E-state index is 0.118. The first-order valence-corrected chi connectivity index (χ1v) is 47.7. The van der Waals surface area contributed by atoms with Crippen LogP contribution in [0, 0.1) is 27.7 Å². The number of ketones is 4. The van der Waals surface area contributed by atoms with E-state index in [2.05, 4.69) is 121 Å². The van der Waals surface area contributed by atoms with E-state index in [1.165, 1.54) is 6.33 Å². The van der Waals surface area contributed by atoms with Crippen LogP contribution in [0.3, 0.4) is 0 Å². The van der Waals surface area contributed by atoms with E-state index in [9.17, 15) is 19.2 Å². The van der Waals surface area contributed by atoms with Gasteiger partial charge in [-0.05, 0) is 158 Å². The highest BCUT2D eigenvalue weighted by atomic mass is 16.1. The van der Waals surface area contributed by atoms with Crippen molar-refractivity contribution in [3.05, 3.63) is 387 Å². The average molecular weight is 1950 g/mol. The molecule has 0 saturated heterocycles. The highest BCUT2D eigenvalue weighted by Gasteiger charge is 2.23. The molecule has 0 aliphatic carbocycles. The molecule has 0 radical (unpaired) electrons. The fourth-order valence-electron chi connectivity index (χ4n) is 17.7. The van der Waals surface area contributed by atoms with Gasteiger partial charge in [0, 0.05) is 239 Å². The van der Waals surface area contributed by atoms with E-state index in [4.69, 9.17) is 4.98 Å². The van der Waals surface area contributed by atoms with Gasteiger partial charge >= 0.3 is 0 Å². The van der Waals surface area contributed by atoms with Gasteiger partial charge in [-0.25, -0.2) is 59.8 Å². The number of carbonyl (C=O) groups is 4. The molecule has 36 heteroatoms. The summed E-state index contributed by atoms with van der Waals surface area (Å²) in [4.78, 5) is 135. The van der Waals surface area contributed by atoms with Crippen molar-refractivity contribution in [1.29, 1.82) is 0 Å². The van der Waals surface area contributed by atoms with E-state index >= 15 is 0 Å². The number of nitrogens with one attached hydrogen (secondary N) is 4. The van der Waals surface area contributed by atoms with Crippen LogP contribution in [0.2, 0.25) is 0 Å². The van der Waals surface area contributed by atoms with E-state index in [0.29, 0.717) is 68.7 Å². The summed E-state index contributed by atoms with van der Waals surface area (Å²) in [7, 11) is 7.45. The summed E-state index contributed by atoms with van der Waals surface area (Å²) >= 11 is 0. The zero-order chi connectivity index (χ0) is 101. The van der Waals surface area contributed by atoms with Crippen LogP contribution >= 0.6 is 0 Å². The number of nitrogens with zero attached hydrogens (tertiary/aromatic N) is 28. The predicted octanol–water partition coefficient (Wildman–Crippen LogP) is 17.1. The molecule has 0 fully saturated rings. The lowest BCUT2D eigenvalue weighted by Gasteiger charge is -2.04. The van der Waals surface area contributed by atoms with Gasteiger partial charge in [0.25, 0.3) is 0 Å². The van der Waals surface area contributed by atoms with E-state index in [1.54, 1.807) is 112 Å². The number of hydrogen-bond donors (Lipinski definition) is 4. The SMILES string of the molecule is Cc1cn(-c2nccc3[nH]c(-c4ccc(CC(=O)Cc5cc(-c6cccnc6)nn5C)cc4)cc23)cn1.Cc1cn(-c2nccc3[nH]c(-c4ccc(CC(=O)Cc5cc(-c6cccnc6)nn5C)cc4)nc23)cn1.Cc1cn(-c2ncnc3[nH]c(-c4ccc(CC(=O)Cc5cc(-c6cccnc6)nn5C)cc4)cc23)cn1.Cc1cn(-c2ncnc3nc(-c4ccc(CC(=O)Cc5cc(-c6cccnc6)nn5C)cc4)[nH]c23)cn1. The minimum Gasteiger partial charge on any atom is -0.354 e. The molecule has 728 valence electrons. The van der Waals surface area contributed by atoms with Crippen molar-refractivity contribution in [2.75, 3.05) is 0 Å². The van der Waals surface area contributed by atoms with Crippen LogP contribution in [-0.4, -0.2) is 180 Å². The summed E-state index contributed by atoms with van der Waals surface area (Å²) in [6, 6.07) is 63.1. The number of aromatic nitrogens is 32. The topological polar surface area (TPSA) is 429 Å². The molecular weight excluding hydrogens is 1860 g/mol. The first kappa shape index (κ1) is 94.6. The highest BCUT2D eigenvalue weighted by molar-refractivity contribution is 5.93. The Labute approximate surface area is 846 Å². The van der Waals surface area contributed by atoms with Crippen LogP contribution in [-0.2, 0) is 98.7 Å². The molecule has 148 heavy (non-hydrogen) atoms. The average Bonchev–Trinajstić information content (AvgIpc) is 1.64.